The lowest BCUT2D eigenvalue weighted by Gasteiger charge is -2.03. The molecule has 5 heteroatoms. The Labute approximate surface area is 104 Å². The fourth-order valence-corrected chi connectivity index (χ4v) is 1.74. The van der Waals surface area contributed by atoms with E-state index < -0.39 is 0 Å². The molecule has 0 saturated heterocycles. The molecule has 72 valence electrons. The third-order valence-corrected chi connectivity index (χ3v) is 3.19. The molecule has 14 heavy (non-hydrogen) atoms. The minimum atomic E-state index is 0.674. The lowest BCUT2D eigenvalue weighted by atomic mass is 10.3. The van der Waals surface area contributed by atoms with Gasteiger partial charge in [-0.25, -0.2) is 4.68 Å². The van der Waals surface area contributed by atoms with Crippen LogP contribution in [0.2, 0.25) is 0 Å². The molecule has 2 aromatic rings. The average molecular weight is 364 g/mol. The Morgan fingerprint density at radius 3 is 2.43 bits per heavy atom. The number of halogens is 2. The average Bonchev–Trinajstić information content (AvgIpc) is 2.50. The molecule has 0 spiro atoms. The molecule has 2 rings (SSSR count). The first-order valence-electron chi connectivity index (χ1n) is 3.93. The van der Waals surface area contributed by atoms with Crippen LogP contribution in [0.1, 0.15) is 0 Å². The van der Waals surface area contributed by atoms with E-state index in [1.807, 2.05) is 24.3 Å². The van der Waals surface area contributed by atoms with Crippen LogP contribution in [0, 0.1) is 3.57 Å². The number of nitrogens with two attached hydrogens (primary N) is 1. The van der Waals surface area contributed by atoms with Crippen molar-refractivity contribution in [2.45, 2.75) is 0 Å². The highest BCUT2D eigenvalue weighted by atomic mass is 127. The van der Waals surface area contributed by atoms with Crippen LogP contribution < -0.4 is 5.73 Å². The Balaban J connectivity index is 2.49. The summed E-state index contributed by atoms with van der Waals surface area (Å²) in [5, 5.41) is 4.18. The number of hydrogen-bond acceptors (Lipinski definition) is 2. The molecule has 0 atom stereocenters. The van der Waals surface area contributed by atoms with E-state index in [0.717, 1.165) is 13.7 Å². The second kappa shape index (κ2) is 3.90. The highest BCUT2D eigenvalue weighted by Crippen LogP contribution is 2.19. The van der Waals surface area contributed by atoms with Gasteiger partial charge in [0, 0.05) is 4.47 Å². The first-order chi connectivity index (χ1) is 6.68. The first kappa shape index (κ1) is 9.97. The van der Waals surface area contributed by atoms with E-state index in [4.69, 9.17) is 5.73 Å². The van der Waals surface area contributed by atoms with E-state index >= 15 is 0 Å². The summed E-state index contributed by atoms with van der Waals surface area (Å²) < 4.78 is 3.72. The molecule has 0 aliphatic carbocycles. The zero-order valence-electron chi connectivity index (χ0n) is 7.11. The van der Waals surface area contributed by atoms with E-state index in [1.54, 1.807) is 10.9 Å². The summed E-state index contributed by atoms with van der Waals surface area (Å²) in [5.41, 5.74) is 6.82. The Morgan fingerprint density at radius 1 is 1.29 bits per heavy atom. The maximum atomic E-state index is 5.85. The maximum Gasteiger partial charge on any atom is 0.140 e. The van der Waals surface area contributed by atoms with Crippen molar-refractivity contribution in [2.75, 3.05) is 5.73 Å². The van der Waals surface area contributed by atoms with E-state index in [-0.39, 0.29) is 0 Å². The molecule has 0 amide bonds. The summed E-state index contributed by atoms with van der Waals surface area (Å²) in [6.07, 6.45) is 1.75. The summed E-state index contributed by atoms with van der Waals surface area (Å²) in [4.78, 5) is 0. The Kier molecular flexibility index (Phi) is 2.78. The van der Waals surface area contributed by atoms with Crippen LogP contribution in [-0.2, 0) is 0 Å². The highest BCUT2D eigenvalue weighted by Gasteiger charge is 2.05. The maximum absolute atomic E-state index is 5.85. The van der Waals surface area contributed by atoms with Gasteiger partial charge >= 0.3 is 0 Å². The van der Waals surface area contributed by atoms with E-state index in [1.165, 1.54) is 0 Å². The SMILES string of the molecule is Nc1c(I)cnn1-c1ccc(Br)cc1. The van der Waals surface area contributed by atoms with Crippen molar-refractivity contribution in [3.63, 3.8) is 0 Å². The van der Waals surface area contributed by atoms with Crippen molar-refractivity contribution in [2.24, 2.45) is 0 Å². The highest BCUT2D eigenvalue weighted by molar-refractivity contribution is 14.1. The van der Waals surface area contributed by atoms with Gasteiger partial charge in [0.15, 0.2) is 0 Å². The monoisotopic (exact) mass is 363 g/mol. The normalized spacial score (nSPS) is 10.4. The molecule has 0 aliphatic heterocycles. The van der Waals surface area contributed by atoms with Crippen LogP contribution >= 0.6 is 38.5 Å². The second-order valence-electron chi connectivity index (χ2n) is 2.77. The number of anilines is 1. The van der Waals surface area contributed by atoms with Crippen LogP contribution in [0.15, 0.2) is 34.9 Å². The molecule has 1 heterocycles. The van der Waals surface area contributed by atoms with Crippen molar-refractivity contribution >= 4 is 44.3 Å². The van der Waals surface area contributed by atoms with Crippen molar-refractivity contribution < 1.29 is 0 Å². The Bertz CT molecular complexity index is 450. The van der Waals surface area contributed by atoms with Crippen molar-refractivity contribution in [1.29, 1.82) is 0 Å². The van der Waals surface area contributed by atoms with Gasteiger partial charge in [0.05, 0.1) is 15.5 Å². The summed E-state index contributed by atoms with van der Waals surface area (Å²) in [7, 11) is 0. The quantitative estimate of drug-likeness (QED) is 0.792. The van der Waals surface area contributed by atoms with Gasteiger partial charge in [-0.15, -0.1) is 0 Å². The van der Waals surface area contributed by atoms with Crippen LogP contribution in [0.25, 0.3) is 5.69 Å². The number of aromatic nitrogens is 2. The molecule has 0 bridgehead atoms. The van der Waals surface area contributed by atoms with Crippen LogP contribution in [-0.4, -0.2) is 9.78 Å². The minimum Gasteiger partial charge on any atom is -0.383 e. The minimum absolute atomic E-state index is 0.674. The summed E-state index contributed by atoms with van der Waals surface area (Å²) in [5.74, 6) is 0.674. The van der Waals surface area contributed by atoms with Gasteiger partial charge in [-0.1, -0.05) is 15.9 Å². The smallest absolute Gasteiger partial charge is 0.140 e. The van der Waals surface area contributed by atoms with E-state index in [0.29, 0.717) is 5.82 Å². The molecule has 3 nitrogen and oxygen atoms in total. The van der Waals surface area contributed by atoms with Crippen molar-refractivity contribution in [3.8, 4) is 5.69 Å². The third kappa shape index (κ3) is 1.78. The fourth-order valence-electron chi connectivity index (χ4n) is 1.13. The molecule has 0 saturated carbocycles. The summed E-state index contributed by atoms with van der Waals surface area (Å²) in [6.45, 7) is 0. The molecule has 0 aliphatic rings. The van der Waals surface area contributed by atoms with Crippen LogP contribution in [0.5, 0.6) is 0 Å². The van der Waals surface area contributed by atoms with Gasteiger partial charge < -0.3 is 5.73 Å². The molecule has 1 aromatic carbocycles. The molecule has 2 N–H and O–H groups in total. The van der Waals surface area contributed by atoms with Crippen molar-refractivity contribution in [3.05, 3.63) is 38.5 Å². The molecular weight excluding hydrogens is 357 g/mol. The van der Waals surface area contributed by atoms with Gasteiger partial charge in [0.2, 0.25) is 0 Å². The zero-order valence-corrected chi connectivity index (χ0v) is 10.9. The number of hydrogen-bond donors (Lipinski definition) is 1. The van der Waals surface area contributed by atoms with Gasteiger partial charge in [-0.05, 0) is 46.9 Å². The fraction of sp³-hybridized carbons (Fsp3) is 0. The standard InChI is InChI=1S/C9H7BrIN3/c10-6-1-3-7(4-2-6)14-9(12)8(11)5-13-14/h1-5H,12H2. The number of nitrogens with zero attached hydrogens (tertiary/aromatic N) is 2. The Hall–Kier alpha value is -0.560. The molecule has 0 fully saturated rings. The van der Waals surface area contributed by atoms with Gasteiger partial charge in [0.25, 0.3) is 0 Å². The predicted octanol–water partition coefficient (Wildman–Crippen LogP) is 2.82. The molecule has 0 unspecified atom stereocenters. The largest absolute Gasteiger partial charge is 0.383 e. The Morgan fingerprint density at radius 2 is 1.93 bits per heavy atom. The predicted molar refractivity (Wildman–Crippen MR) is 68.4 cm³/mol. The third-order valence-electron chi connectivity index (χ3n) is 1.83. The van der Waals surface area contributed by atoms with Gasteiger partial charge in [0.1, 0.15) is 5.82 Å². The van der Waals surface area contributed by atoms with Crippen LogP contribution in [0.4, 0.5) is 5.82 Å². The zero-order chi connectivity index (χ0) is 10.1. The van der Waals surface area contributed by atoms with E-state index in [2.05, 4.69) is 43.6 Å². The second-order valence-corrected chi connectivity index (χ2v) is 4.84. The number of benzene rings is 1. The van der Waals surface area contributed by atoms with Gasteiger partial charge in [-0.2, -0.15) is 5.10 Å². The number of nitrogen functional groups attached to an aromatic ring is 1. The molecule has 1 aromatic heterocycles. The lowest BCUT2D eigenvalue weighted by Crippen LogP contribution is -2.01. The molecular formula is C9H7BrIN3. The first-order valence-corrected chi connectivity index (χ1v) is 5.80. The van der Waals surface area contributed by atoms with Gasteiger partial charge in [-0.3, -0.25) is 0 Å². The number of rotatable bonds is 1. The molecule has 0 radical (unpaired) electrons. The van der Waals surface area contributed by atoms with Crippen LogP contribution in [0.3, 0.4) is 0 Å². The van der Waals surface area contributed by atoms with Crippen molar-refractivity contribution in [1.82, 2.24) is 9.78 Å². The topological polar surface area (TPSA) is 43.8 Å². The lowest BCUT2D eigenvalue weighted by molar-refractivity contribution is 0.891. The summed E-state index contributed by atoms with van der Waals surface area (Å²) >= 11 is 5.54. The van der Waals surface area contributed by atoms with E-state index in [9.17, 15) is 0 Å². The summed E-state index contributed by atoms with van der Waals surface area (Å²) in [6, 6.07) is 7.85.